The summed E-state index contributed by atoms with van der Waals surface area (Å²) in [6, 6.07) is 0.353. The van der Waals surface area contributed by atoms with E-state index in [1.54, 1.807) is 0 Å². The number of hydrogen-bond acceptors (Lipinski definition) is 4. The van der Waals surface area contributed by atoms with E-state index in [1.807, 2.05) is 11.8 Å². The molecule has 0 radical (unpaired) electrons. The quantitative estimate of drug-likeness (QED) is 0.783. The zero-order chi connectivity index (χ0) is 13.0. The fourth-order valence-corrected chi connectivity index (χ4v) is 2.60. The predicted octanol–water partition coefficient (Wildman–Crippen LogP) is 0.248. The average Bonchev–Trinajstić information content (AvgIpc) is 2.84. The van der Waals surface area contributed by atoms with Gasteiger partial charge < -0.3 is 19.7 Å². The topological polar surface area (TPSA) is 50.8 Å². The predicted molar refractivity (Wildman–Crippen MR) is 68.4 cm³/mol. The summed E-state index contributed by atoms with van der Waals surface area (Å²) in [7, 11) is 0. The van der Waals surface area contributed by atoms with Gasteiger partial charge in [0.15, 0.2) is 0 Å². The van der Waals surface area contributed by atoms with Gasteiger partial charge in [-0.15, -0.1) is 0 Å². The molecule has 2 heterocycles. The number of carbonyl (C=O) groups is 1. The summed E-state index contributed by atoms with van der Waals surface area (Å²) >= 11 is 0. The summed E-state index contributed by atoms with van der Waals surface area (Å²) in [5, 5.41) is 3.41. The summed E-state index contributed by atoms with van der Waals surface area (Å²) in [6.45, 7) is 8.31. The van der Waals surface area contributed by atoms with Crippen LogP contribution in [0.2, 0.25) is 0 Å². The van der Waals surface area contributed by atoms with Crippen molar-refractivity contribution >= 4 is 5.91 Å². The third-order valence-corrected chi connectivity index (χ3v) is 3.70. The van der Waals surface area contributed by atoms with E-state index in [-0.39, 0.29) is 23.9 Å². The van der Waals surface area contributed by atoms with Crippen LogP contribution in [0.1, 0.15) is 20.3 Å². The van der Waals surface area contributed by atoms with Crippen molar-refractivity contribution in [2.45, 2.75) is 32.4 Å². The molecule has 0 aliphatic carbocycles. The van der Waals surface area contributed by atoms with E-state index < -0.39 is 0 Å². The maximum atomic E-state index is 12.5. The Kier molecular flexibility index (Phi) is 4.97. The molecule has 5 heteroatoms. The third kappa shape index (κ3) is 3.02. The molecule has 18 heavy (non-hydrogen) atoms. The van der Waals surface area contributed by atoms with Crippen LogP contribution >= 0.6 is 0 Å². The Morgan fingerprint density at radius 1 is 1.33 bits per heavy atom. The molecule has 0 aromatic rings. The Hall–Kier alpha value is -0.650. The Morgan fingerprint density at radius 3 is 2.89 bits per heavy atom. The zero-order valence-electron chi connectivity index (χ0n) is 11.4. The van der Waals surface area contributed by atoms with Gasteiger partial charge in [0.2, 0.25) is 5.91 Å². The lowest BCUT2D eigenvalue weighted by Crippen LogP contribution is -2.53. The van der Waals surface area contributed by atoms with Crippen LogP contribution < -0.4 is 5.32 Å². The molecule has 2 fully saturated rings. The summed E-state index contributed by atoms with van der Waals surface area (Å²) < 4.78 is 10.8. The molecule has 1 amide bonds. The van der Waals surface area contributed by atoms with Gasteiger partial charge in [0.25, 0.3) is 0 Å². The summed E-state index contributed by atoms with van der Waals surface area (Å²) in [6.07, 6.45) is 1.07. The van der Waals surface area contributed by atoms with Gasteiger partial charge in [-0.25, -0.2) is 0 Å². The van der Waals surface area contributed by atoms with Crippen molar-refractivity contribution in [3.05, 3.63) is 0 Å². The maximum Gasteiger partial charge on any atom is 0.230 e. The molecule has 1 N–H and O–H groups in total. The van der Waals surface area contributed by atoms with Crippen LogP contribution in [0.4, 0.5) is 0 Å². The molecule has 2 rings (SSSR count). The van der Waals surface area contributed by atoms with Gasteiger partial charge in [-0.3, -0.25) is 4.79 Å². The lowest BCUT2D eigenvalue weighted by molar-refractivity contribution is -0.144. The van der Waals surface area contributed by atoms with E-state index in [1.165, 1.54) is 0 Å². The summed E-state index contributed by atoms with van der Waals surface area (Å²) in [5.41, 5.74) is 0. The van der Waals surface area contributed by atoms with Crippen LogP contribution in [0.15, 0.2) is 0 Å². The van der Waals surface area contributed by atoms with Crippen LogP contribution in [0, 0.1) is 5.92 Å². The van der Waals surface area contributed by atoms with Gasteiger partial charge in [-0.05, 0) is 19.9 Å². The van der Waals surface area contributed by atoms with E-state index in [9.17, 15) is 4.79 Å². The van der Waals surface area contributed by atoms with Crippen LogP contribution in [0.3, 0.4) is 0 Å². The Balaban J connectivity index is 1.94. The second-order valence-corrected chi connectivity index (χ2v) is 5.16. The van der Waals surface area contributed by atoms with Crippen molar-refractivity contribution in [2.75, 3.05) is 39.5 Å². The van der Waals surface area contributed by atoms with Crippen molar-refractivity contribution in [3.8, 4) is 0 Å². The van der Waals surface area contributed by atoms with Gasteiger partial charge in [0.1, 0.15) is 0 Å². The van der Waals surface area contributed by atoms with Crippen molar-refractivity contribution in [2.24, 2.45) is 5.92 Å². The lowest BCUT2D eigenvalue weighted by Gasteiger charge is -2.35. The highest BCUT2D eigenvalue weighted by Crippen LogP contribution is 2.19. The minimum atomic E-state index is -0.0305. The minimum Gasteiger partial charge on any atom is -0.379 e. The van der Waals surface area contributed by atoms with E-state index in [2.05, 4.69) is 12.2 Å². The minimum absolute atomic E-state index is 0.0305. The van der Waals surface area contributed by atoms with Gasteiger partial charge in [-0.2, -0.15) is 0 Å². The van der Waals surface area contributed by atoms with E-state index in [0.29, 0.717) is 33.0 Å². The monoisotopic (exact) mass is 256 g/mol. The molecule has 2 saturated heterocycles. The number of amides is 1. The Bertz CT molecular complexity index is 285. The van der Waals surface area contributed by atoms with Crippen molar-refractivity contribution < 1.29 is 14.3 Å². The van der Waals surface area contributed by atoms with Crippen LogP contribution in [0.5, 0.6) is 0 Å². The molecule has 0 spiro atoms. The molecule has 2 aliphatic rings. The molecule has 0 aromatic carbocycles. The van der Waals surface area contributed by atoms with Crippen molar-refractivity contribution in [3.63, 3.8) is 0 Å². The molecule has 5 nitrogen and oxygen atoms in total. The second-order valence-electron chi connectivity index (χ2n) is 5.16. The lowest BCUT2D eigenvalue weighted by atomic mass is 10.0. The molecule has 2 aliphatic heterocycles. The van der Waals surface area contributed by atoms with Crippen molar-refractivity contribution in [1.82, 2.24) is 10.2 Å². The van der Waals surface area contributed by atoms with E-state index in [0.717, 1.165) is 13.0 Å². The van der Waals surface area contributed by atoms with Gasteiger partial charge in [0, 0.05) is 12.6 Å². The van der Waals surface area contributed by atoms with Gasteiger partial charge in [-0.1, -0.05) is 6.92 Å². The van der Waals surface area contributed by atoms with Crippen LogP contribution in [0.25, 0.3) is 0 Å². The van der Waals surface area contributed by atoms with Crippen LogP contribution in [-0.2, 0) is 14.3 Å². The summed E-state index contributed by atoms with van der Waals surface area (Å²) in [5.74, 6) is 0.189. The number of nitrogens with zero attached hydrogens (tertiary/aromatic N) is 1. The normalized spacial score (nSPS) is 32.8. The number of ether oxygens (including phenoxy) is 2. The third-order valence-electron chi connectivity index (χ3n) is 3.70. The molecule has 0 saturated carbocycles. The smallest absolute Gasteiger partial charge is 0.230 e. The fourth-order valence-electron chi connectivity index (χ4n) is 2.60. The number of hydrogen-bond donors (Lipinski definition) is 1. The highest BCUT2D eigenvalue weighted by molar-refractivity contribution is 5.80. The Morgan fingerprint density at radius 2 is 2.17 bits per heavy atom. The number of nitrogens with one attached hydrogen (secondary N) is 1. The molecule has 104 valence electrons. The second kappa shape index (κ2) is 6.50. The number of rotatable bonds is 4. The van der Waals surface area contributed by atoms with Gasteiger partial charge in [0.05, 0.1) is 38.4 Å². The maximum absolute atomic E-state index is 12.5. The first-order chi connectivity index (χ1) is 8.74. The first-order valence-electron chi connectivity index (χ1n) is 6.93. The first-order valence-corrected chi connectivity index (χ1v) is 6.93. The first kappa shape index (κ1) is 13.8. The van der Waals surface area contributed by atoms with Crippen molar-refractivity contribution in [1.29, 1.82) is 0 Å². The SMILES string of the molecule is CCCNC1COCC1C(=O)N1CCOCC1C. The number of morpholine rings is 1. The standard InChI is InChI=1S/C13H24N2O3/c1-3-4-14-12-9-18-8-11(12)13(16)15-5-6-17-7-10(15)2/h10-12,14H,3-9H2,1-2H3. The molecular weight excluding hydrogens is 232 g/mol. The Labute approximate surface area is 109 Å². The van der Waals surface area contributed by atoms with E-state index >= 15 is 0 Å². The fraction of sp³-hybridized carbons (Fsp3) is 0.923. The largest absolute Gasteiger partial charge is 0.379 e. The zero-order valence-corrected chi connectivity index (χ0v) is 11.4. The van der Waals surface area contributed by atoms with E-state index in [4.69, 9.17) is 9.47 Å². The molecule has 3 unspecified atom stereocenters. The molecule has 0 bridgehead atoms. The molecule has 0 aromatic heterocycles. The summed E-state index contributed by atoms with van der Waals surface area (Å²) in [4.78, 5) is 14.5. The average molecular weight is 256 g/mol. The van der Waals surface area contributed by atoms with Crippen LogP contribution in [-0.4, -0.2) is 62.4 Å². The molecular formula is C13H24N2O3. The highest BCUT2D eigenvalue weighted by Gasteiger charge is 2.38. The highest BCUT2D eigenvalue weighted by atomic mass is 16.5. The number of carbonyl (C=O) groups excluding carboxylic acids is 1. The molecule has 3 atom stereocenters. The van der Waals surface area contributed by atoms with Gasteiger partial charge >= 0.3 is 0 Å².